The average molecular weight is 310 g/mol. The molecule has 3 nitrogen and oxygen atoms in total. The maximum Gasteiger partial charge on any atom is 0.121 e. The number of phenolic OH excluding ortho intramolecular Hbond substituents is 1. The second-order valence-corrected chi connectivity index (χ2v) is 4.38. The zero-order valence-electron chi connectivity index (χ0n) is 6.80. The van der Waals surface area contributed by atoms with Gasteiger partial charge in [0.2, 0.25) is 0 Å². The number of benzene rings is 1. The highest BCUT2D eigenvalue weighted by atomic mass is 79.9. The topological polar surface area (TPSA) is 72.3 Å². The maximum absolute atomic E-state index is 9.53. The lowest BCUT2D eigenvalue weighted by Gasteiger charge is -2.12. The molecule has 13 heavy (non-hydrogen) atoms. The van der Waals surface area contributed by atoms with E-state index >= 15 is 0 Å². The van der Waals surface area contributed by atoms with Gasteiger partial charge in [0.25, 0.3) is 0 Å². The van der Waals surface area contributed by atoms with E-state index < -0.39 is 0 Å². The normalized spacial score (nSPS) is 12.9. The molecule has 0 aliphatic rings. The van der Waals surface area contributed by atoms with Crippen LogP contribution in [-0.4, -0.2) is 11.7 Å². The summed E-state index contributed by atoms with van der Waals surface area (Å²) in [7, 11) is 0. The SMILES string of the molecule is NCC(N)c1cc(Br)c(Br)cc1O. The summed E-state index contributed by atoms with van der Waals surface area (Å²) in [6, 6.07) is 3.02. The van der Waals surface area contributed by atoms with Gasteiger partial charge in [0.05, 0.1) is 0 Å². The van der Waals surface area contributed by atoms with Crippen LogP contribution in [-0.2, 0) is 0 Å². The Morgan fingerprint density at radius 2 is 1.85 bits per heavy atom. The molecule has 1 aromatic rings. The Morgan fingerprint density at radius 3 is 2.38 bits per heavy atom. The smallest absolute Gasteiger partial charge is 0.121 e. The maximum atomic E-state index is 9.53. The standard InChI is InChI=1S/C8H10Br2N2O/c9-5-1-4(7(12)3-11)8(13)2-6(5)10/h1-2,7,13H,3,11-12H2. The molecule has 1 rings (SSSR count). The molecule has 1 unspecified atom stereocenters. The largest absolute Gasteiger partial charge is 0.508 e. The molecule has 0 bridgehead atoms. The van der Waals surface area contributed by atoms with Crippen molar-refractivity contribution < 1.29 is 5.11 Å². The van der Waals surface area contributed by atoms with E-state index in [0.717, 1.165) is 8.95 Å². The number of hydrogen-bond acceptors (Lipinski definition) is 3. The molecular formula is C8H10Br2N2O. The van der Waals surface area contributed by atoms with Gasteiger partial charge in [-0.2, -0.15) is 0 Å². The van der Waals surface area contributed by atoms with E-state index in [0.29, 0.717) is 12.1 Å². The van der Waals surface area contributed by atoms with Crippen molar-refractivity contribution in [2.24, 2.45) is 11.5 Å². The molecule has 5 heteroatoms. The highest BCUT2D eigenvalue weighted by Crippen LogP contribution is 2.32. The first-order chi connectivity index (χ1) is 6.06. The minimum atomic E-state index is -0.329. The van der Waals surface area contributed by atoms with Gasteiger partial charge < -0.3 is 16.6 Å². The minimum Gasteiger partial charge on any atom is -0.508 e. The van der Waals surface area contributed by atoms with Gasteiger partial charge in [-0.15, -0.1) is 0 Å². The Bertz CT molecular complexity index is 317. The number of halogens is 2. The van der Waals surface area contributed by atoms with Crippen molar-refractivity contribution in [2.75, 3.05) is 6.54 Å². The van der Waals surface area contributed by atoms with Crippen LogP contribution >= 0.6 is 31.9 Å². The van der Waals surface area contributed by atoms with Crippen molar-refractivity contribution in [1.29, 1.82) is 0 Å². The highest BCUT2D eigenvalue weighted by Gasteiger charge is 2.11. The Morgan fingerprint density at radius 1 is 1.31 bits per heavy atom. The molecule has 0 saturated carbocycles. The lowest BCUT2D eigenvalue weighted by Crippen LogP contribution is -2.20. The van der Waals surface area contributed by atoms with Gasteiger partial charge in [0.1, 0.15) is 5.75 Å². The second-order valence-electron chi connectivity index (χ2n) is 2.67. The van der Waals surface area contributed by atoms with E-state index in [2.05, 4.69) is 31.9 Å². The van der Waals surface area contributed by atoms with Crippen LogP contribution in [0.3, 0.4) is 0 Å². The van der Waals surface area contributed by atoms with Crippen LogP contribution in [0.2, 0.25) is 0 Å². The molecule has 0 radical (unpaired) electrons. The Balaban J connectivity index is 3.15. The zero-order valence-corrected chi connectivity index (χ0v) is 9.97. The van der Waals surface area contributed by atoms with Crippen molar-refractivity contribution in [3.63, 3.8) is 0 Å². The number of phenols is 1. The molecule has 0 heterocycles. The van der Waals surface area contributed by atoms with Crippen LogP contribution < -0.4 is 11.5 Å². The van der Waals surface area contributed by atoms with Crippen molar-refractivity contribution in [1.82, 2.24) is 0 Å². The highest BCUT2D eigenvalue weighted by molar-refractivity contribution is 9.13. The van der Waals surface area contributed by atoms with E-state index in [9.17, 15) is 5.11 Å². The third-order valence-electron chi connectivity index (χ3n) is 1.72. The predicted octanol–water partition coefficient (Wildman–Crippen LogP) is 1.88. The van der Waals surface area contributed by atoms with Crippen LogP contribution in [0.1, 0.15) is 11.6 Å². The molecule has 0 aromatic heterocycles. The van der Waals surface area contributed by atoms with Crippen molar-refractivity contribution in [3.05, 3.63) is 26.6 Å². The van der Waals surface area contributed by atoms with E-state index in [1.54, 1.807) is 12.1 Å². The molecule has 5 N–H and O–H groups in total. The van der Waals surface area contributed by atoms with Gasteiger partial charge in [-0.3, -0.25) is 0 Å². The second kappa shape index (κ2) is 4.41. The fourth-order valence-corrected chi connectivity index (χ4v) is 1.67. The minimum absolute atomic E-state index is 0.160. The molecule has 0 aliphatic heterocycles. The van der Waals surface area contributed by atoms with Crippen LogP contribution in [0.5, 0.6) is 5.75 Å². The van der Waals surface area contributed by atoms with Gasteiger partial charge in [-0.05, 0) is 44.0 Å². The number of aromatic hydroxyl groups is 1. The lowest BCUT2D eigenvalue weighted by molar-refractivity contribution is 0.461. The summed E-state index contributed by atoms with van der Waals surface area (Å²) in [5.74, 6) is 0.160. The first kappa shape index (κ1) is 11.0. The lowest BCUT2D eigenvalue weighted by atomic mass is 10.1. The summed E-state index contributed by atoms with van der Waals surface area (Å²) < 4.78 is 1.64. The molecule has 0 fully saturated rings. The summed E-state index contributed by atoms with van der Waals surface area (Å²) in [4.78, 5) is 0. The summed E-state index contributed by atoms with van der Waals surface area (Å²) in [6.07, 6.45) is 0. The molecule has 0 amide bonds. The van der Waals surface area contributed by atoms with Crippen LogP contribution in [0.25, 0.3) is 0 Å². The summed E-state index contributed by atoms with van der Waals surface area (Å²) in [5, 5.41) is 9.53. The average Bonchev–Trinajstić information content (AvgIpc) is 2.10. The first-order valence-electron chi connectivity index (χ1n) is 3.69. The Kier molecular flexibility index (Phi) is 3.73. The molecule has 0 aliphatic carbocycles. The van der Waals surface area contributed by atoms with E-state index in [1.807, 2.05) is 0 Å². The monoisotopic (exact) mass is 308 g/mol. The van der Waals surface area contributed by atoms with E-state index in [-0.39, 0.29) is 11.8 Å². The van der Waals surface area contributed by atoms with Crippen LogP contribution in [0.4, 0.5) is 0 Å². The summed E-state index contributed by atoms with van der Waals surface area (Å²) in [6.45, 7) is 0.307. The molecule has 72 valence electrons. The molecule has 1 atom stereocenters. The fraction of sp³-hybridized carbons (Fsp3) is 0.250. The van der Waals surface area contributed by atoms with Gasteiger partial charge in [-0.1, -0.05) is 0 Å². The third-order valence-corrected chi connectivity index (χ3v) is 3.57. The molecule has 1 aromatic carbocycles. The molecule has 0 spiro atoms. The van der Waals surface area contributed by atoms with Crippen molar-refractivity contribution in [2.45, 2.75) is 6.04 Å². The predicted molar refractivity (Wildman–Crippen MR) is 59.5 cm³/mol. The summed E-state index contributed by atoms with van der Waals surface area (Å²) in [5.41, 5.74) is 11.7. The molecule has 0 saturated heterocycles. The number of hydrogen-bond donors (Lipinski definition) is 3. The number of nitrogens with two attached hydrogens (primary N) is 2. The van der Waals surface area contributed by atoms with E-state index in [4.69, 9.17) is 11.5 Å². The Hall–Kier alpha value is -0.100. The first-order valence-corrected chi connectivity index (χ1v) is 5.28. The van der Waals surface area contributed by atoms with Gasteiger partial charge in [0, 0.05) is 27.1 Å². The Labute approximate surface area is 93.4 Å². The van der Waals surface area contributed by atoms with E-state index in [1.165, 1.54) is 0 Å². The van der Waals surface area contributed by atoms with Crippen molar-refractivity contribution in [3.8, 4) is 5.75 Å². The zero-order chi connectivity index (χ0) is 10.0. The van der Waals surface area contributed by atoms with Gasteiger partial charge in [0.15, 0.2) is 0 Å². The third kappa shape index (κ3) is 2.43. The van der Waals surface area contributed by atoms with Crippen molar-refractivity contribution >= 4 is 31.9 Å². The number of rotatable bonds is 2. The fourth-order valence-electron chi connectivity index (χ4n) is 0.976. The quantitative estimate of drug-likeness (QED) is 0.781. The van der Waals surface area contributed by atoms with Crippen LogP contribution in [0, 0.1) is 0 Å². The molecular weight excluding hydrogens is 300 g/mol. The van der Waals surface area contributed by atoms with Crippen LogP contribution in [0.15, 0.2) is 21.1 Å². The summed E-state index contributed by atoms with van der Waals surface area (Å²) >= 11 is 6.60. The van der Waals surface area contributed by atoms with Gasteiger partial charge >= 0.3 is 0 Å². The van der Waals surface area contributed by atoms with Gasteiger partial charge in [-0.25, -0.2) is 0 Å².